The standard InChI is InChI=1S/C17H15F2N3S/c18-15-3-1-2-12(17(15)19)4-5-13-8-16-21(11-20-13)9-14-10-23-7-6-22(14)16/h1-3,8,14H,6-7,9-11H2. The first-order valence-electron chi connectivity index (χ1n) is 7.54. The van der Waals surface area contributed by atoms with Crippen LogP contribution in [0.4, 0.5) is 8.78 Å². The largest absolute Gasteiger partial charge is 0.352 e. The smallest absolute Gasteiger partial charge is 0.174 e. The molecular weight excluding hydrogens is 316 g/mol. The molecule has 0 saturated carbocycles. The summed E-state index contributed by atoms with van der Waals surface area (Å²) in [5.74, 6) is 7.22. The molecular formula is C17H15F2N3S. The van der Waals surface area contributed by atoms with Crippen molar-refractivity contribution in [2.24, 2.45) is 4.99 Å². The van der Waals surface area contributed by atoms with Crippen LogP contribution in [0.1, 0.15) is 5.56 Å². The van der Waals surface area contributed by atoms with Gasteiger partial charge in [-0.2, -0.15) is 11.8 Å². The van der Waals surface area contributed by atoms with Crippen molar-refractivity contribution in [3.05, 3.63) is 47.3 Å². The number of nitrogens with zero attached hydrogens (tertiary/aromatic N) is 3. The SMILES string of the molecule is Fc1cccc(C#CC2=NCN3CC4CSCCN4C3=C2)c1F. The number of thioether (sulfide) groups is 1. The first-order chi connectivity index (χ1) is 11.2. The van der Waals surface area contributed by atoms with Crippen LogP contribution in [0, 0.1) is 23.5 Å². The maximum Gasteiger partial charge on any atom is 0.174 e. The molecule has 0 radical (unpaired) electrons. The van der Waals surface area contributed by atoms with E-state index in [1.165, 1.54) is 12.1 Å². The molecule has 0 aromatic heterocycles. The highest BCUT2D eigenvalue weighted by Crippen LogP contribution is 2.31. The molecule has 3 aliphatic heterocycles. The Labute approximate surface area is 138 Å². The maximum absolute atomic E-state index is 13.6. The number of allylic oxidation sites excluding steroid dienone is 1. The summed E-state index contributed by atoms with van der Waals surface area (Å²) in [4.78, 5) is 9.11. The molecule has 1 atom stereocenters. The predicted octanol–water partition coefficient (Wildman–Crippen LogP) is 2.30. The highest BCUT2D eigenvalue weighted by Gasteiger charge is 2.36. The summed E-state index contributed by atoms with van der Waals surface area (Å²) in [5, 5.41) is 0. The van der Waals surface area contributed by atoms with Gasteiger partial charge in [0.25, 0.3) is 0 Å². The molecule has 0 amide bonds. The summed E-state index contributed by atoms with van der Waals surface area (Å²) in [7, 11) is 0. The fraction of sp³-hybridized carbons (Fsp3) is 0.353. The zero-order valence-corrected chi connectivity index (χ0v) is 13.2. The number of benzene rings is 1. The molecule has 0 spiro atoms. The lowest BCUT2D eigenvalue weighted by molar-refractivity contribution is 0.320. The third kappa shape index (κ3) is 2.70. The zero-order chi connectivity index (χ0) is 15.8. The van der Waals surface area contributed by atoms with Crippen molar-refractivity contribution >= 4 is 17.5 Å². The Hall–Kier alpha value is -2.00. The maximum atomic E-state index is 13.6. The van der Waals surface area contributed by atoms with Crippen molar-refractivity contribution in [3.8, 4) is 11.8 Å². The number of halogens is 2. The van der Waals surface area contributed by atoms with Crippen molar-refractivity contribution in [3.63, 3.8) is 0 Å². The van der Waals surface area contributed by atoms with Gasteiger partial charge in [0.15, 0.2) is 11.6 Å². The Morgan fingerprint density at radius 1 is 1.26 bits per heavy atom. The van der Waals surface area contributed by atoms with Crippen molar-refractivity contribution in [2.75, 3.05) is 31.3 Å². The van der Waals surface area contributed by atoms with E-state index in [2.05, 4.69) is 26.6 Å². The molecule has 0 N–H and O–H groups in total. The second-order valence-electron chi connectivity index (χ2n) is 5.68. The number of hydrogen-bond acceptors (Lipinski definition) is 4. The first kappa shape index (κ1) is 14.6. The van der Waals surface area contributed by atoms with E-state index in [0.29, 0.717) is 18.4 Å². The highest BCUT2D eigenvalue weighted by atomic mass is 32.2. The van der Waals surface area contributed by atoms with Crippen LogP contribution < -0.4 is 0 Å². The monoisotopic (exact) mass is 331 g/mol. The van der Waals surface area contributed by atoms with Gasteiger partial charge < -0.3 is 9.80 Å². The summed E-state index contributed by atoms with van der Waals surface area (Å²) in [6, 6.07) is 4.56. The minimum Gasteiger partial charge on any atom is -0.352 e. The molecule has 23 heavy (non-hydrogen) atoms. The van der Waals surface area contributed by atoms with E-state index in [0.717, 1.165) is 36.5 Å². The molecule has 3 aliphatic rings. The Balaban J connectivity index is 1.59. The van der Waals surface area contributed by atoms with Crippen LogP contribution in [-0.2, 0) is 0 Å². The lowest BCUT2D eigenvalue weighted by Crippen LogP contribution is -2.37. The molecule has 1 unspecified atom stereocenters. The molecule has 118 valence electrons. The van der Waals surface area contributed by atoms with Crippen LogP contribution in [0.15, 0.2) is 35.1 Å². The van der Waals surface area contributed by atoms with E-state index in [1.54, 1.807) is 0 Å². The fourth-order valence-corrected chi connectivity index (χ4v) is 4.13. The Bertz CT molecular complexity index is 763. The van der Waals surface area contributed by atoms with Gasteiger partial charge in [-0.3, -0.25) is 4.99 Å². The predicted molar refractivity (Wildman–Crippen MR) is 88.1 cm³/mol. The van der Waals surface area contributed by atoms with E-state index >= 15 is 0 Å². The van der Waals surface area contributed by atoms with Crippen molar-refractivity contribution < 1.29 is 8.78 Å². The van der Waals surface area contributed by atoms with Crippen LogP contribution in [0.3, 0.4) is 0 Å². The topological polar surface area (TPSA) is 18.8 Å². The highest BCUT2D eigenvalue weighted by molar-refractivity contribution is 7.99. The van der Waals surface area contributed by atoms with Crippen LogP contribution in [0.25, 0.3) is 0 Å². The van der Waals surface area contributed by atoms with Crippen LogP contribution >= 0.6 is 11.8 Å². The Morgan fingerprint density at radius 2 is 2.17 bits per heavy atom. The van der Waals surface area contributed by atoms with Gasteiger partial charge in [0, 0.05) is 30.7 Å². The van der Waals surface area contributed by atoms with Gasteiger partial charge in [0.05, 0.1) is 11.6 Å². The molecule has 4 rings (SSSR count). The lowest BCUT2D eigenvalue weighted by atomic mass is 10.2. The summed E-state index contributed by atoms with van der Waals surface area (Å²) in [5.41, 5.74) is 0.686. The summed E-state index contributed by atoms with van der Waals surface area (Å²) in [6.07, 6.45) is 1.96. The van der Waals surface area contributed by atoms with Crippen molar-refractivity contribution in [2.45, 2.75) is 6.04 Å². The second-order valence-corrected chi connectivity index (χ2v) is 6.83. The van der Waals surface area contributed by atoms with Gasteiger partial charge in [-0.05, 0) is 18.1 Å². The quantitative estimate of drug-likeness (QED) is 0.680. The molecule has 1 aromatic carbocycles. The third-order valence-electron chi connectivity index (χ3n) is 4.23. The fourth-order valence-electron chi connectivity index (χ4n) is 3.08. The van der Waals surface area contributed by atoms with Crippen LogP contribution in [-0.4, -0.2) is 52.8 Å². The molecule has 2 fully saturated rings. The van der Waals surface area contributed by atoms with Crippen LogP contribution in [0.2, 0.25) is 0 Å². The van der Waals surface area contributed by atoms with Gasteiger partial charge in [-0.25, -0.2) is 8.78 Å². The van der Waals surface area contributed by atoms with E-state index < -0.39 is 11.6 Å². The number of hydrogen-bond donors (Lipinski definition) is 0. The minimum atomic E-state index is -0.903. The molecule has 2 saturated heterocycles. The first-order valence-corrected chi connectivity index (χ1v) is 8.69. The normalized spacial score (nSPS) is 22.6. The molecule has 6 heteroatoms. The minimum absolute atomic E-state index is 0.0622. The van der Waals surface area contributed by atoms with Gasteiger partial charge in [0.1, 0.15) is 18.2 Å². The number of fused-ring (bicyclic) bond motifs is 3. The summed E-state index contributed by atoms with van der Waals surface area (Å²) < 4.78 is 26.8. The Morgan fingerprint density at radius 3 is 3.09 bits per heavy atom. The molecule has 0 aliphatic carbocycles. The zero-order valence-electron chi connectivity index (χ0n) is 12.4. The van der Waals surface area contributed by atoms with Crippen molar-refractivity contribution in [1.82, 2.24) is 9.80 Å². The average molecular weight is 331 g/mol. The van der Waals surface area contributed by atoms with Gasteiger partial charge in [0.2, 0.25) is 0 Å². The number of rotatable bonds is 0. The molecule has 3 heterocycles. The second kappa shape index (κ2) is 5.89. The molecule has 3 nitrogen and oxygen atoms in total. The number of aliphatic imine (C=N–C) groups is 1. The van der Waals surface area contributed by atoms with E-state index in [1.807, 2.05) is 17.8 Å². The average Bonchev–Trinajstić information content (AvgIpc) is 2.94. The third-order valence-corrected chi connectivity index (χ3v) is 5.32. The lowest BCUT2D eigenvalue weighted by Gasteiger charge is -2.31. The van der Waals surface area contributed by atoms with E-state index in [-0.39, 0.29) is 5.56 Å². The van der Waals surface area contributed by atoms with Crippen molar-refractivity contribution in [1.29, 1.82) is 0 Å². The van der Waals surface area contributed by atoms with Gasteiger partial charge in [-0.15, -0.1) is 0 Å². The Kier molecular flexibility index (Phi) is 3.74. The molecule has 0 bridgehead atoms. The van der Waals surface area contributed by atoms with E-state index in [4.69, 9.17) is 0 Å². The van der Waals surface area contributed by atoms with Crippen LogP contribution in [0.5, 0.6) is 0 Å². The van der Waals surface area contributed by atoms with E-state index in [9.17, 15) is 8.78 Å². The van der Waals surface area contributed by atoms with Gasteiger partial charge in [-0.1, -0.05) is 12.0 Å². The molecule has 1 aromatic rings. The summed E-state index contributed by atoms with van der Waals surface area (Å²) in [6.45, 7) is 2.62. The summed E-state index contributed by atoms with van der Waals surface area (Å²) >= 11 is 1.99. The van der Waals surface area contributed by atoms with Gasteiger partial charge >= 0.3 is 0 Å².